The molecule has 0 atom stereocenters. The molecule has 0 radical (unpaired) electrons. The van der Waals surface area contributed by atoms with E-state index in [1.807, 2.05) is 12.1 Å². The highest BCUT2D eigenvalue weighted by atomic mass is 16.5. The van der Waals surface area contributed by atoms with Gasteiger partial charge in [-0.1, -0.05) is 181 Å². The molecule has 4 N–H and O–H groups in total. The van der Waals surface area contributed by atoms with Gasteiger partial charge < -0.3 is 16.2 Å². The molecule has 0 amide bonds. The summed E-state index contributed by atoms with van der Waals surface area (Å²) in [5.41, 5.74) is 16.5. The molecule has 2 aromatic carbocycles. The second-order valence-electron chi connectivity index (χ2n) is 14.5. The Bertz CT molecular complexity index is 923. The first-order chi connectivity index (χ1) is 23.1. The number of rotatable bonds is 32. The minimum Gasteiger partial charge on any atom is -0.457 e. The molecule has 0 aliphatic carbocycles. The number of anilines is 2. The fraction of sp³-hybridized carbons (Fsp3) is 0.727. The highest BCUT2D eigenvalue weighted by Gasteiger charge is 2.11. The normalized spacial score (nSPS) is 11.4. The fourth-order valence-corrected chi connectivity index (χ4v) is 6.93. The molecule has 0 heterocycles. The lowest BCUT2D eigenvalue weighted by atomic mass is 10.0. The van der Waals surface area contributed by atoms with Crippen LogP contribution in [-0.4, -0.2) is 0 Å². The van der Waals surface area contributed by atoms with Gasteiger partial charge in [-0.3, -0.25) is 0 Å². The van der Waals surface area contributed by atoms with Gasteiger partial charge in [0.25, 0.3) is 0 Å². The number of benzene rings is 2. The standard InChI is InChI=1S/C44H76N2O/c1-3-5-7-9-11-13-15-17-19-21-23-25-27-29-31-39-37-41(45)33-35-43(39)47-44-36-34-42(46)38-40(44)32-30-28-26-24-22-20-18-16-14-12-10-8-6-4-2/h33-38H,3-32,45-46H2,1-2H3. The SMILES string of the molecule is CCCCCCCCCCCCCCCCc1cc(N)ccc1Oc1ccc(N)cc1CCCCCCCCCCCCCCCC. The summed E-state index contributed by atoms with van der Waals surface area (Å²) >= 11 is 0. The van der Waals surface area contributed by atoms with Crippen molar-refractivity contribution in [3.05, 3.63) is 47.5 Å². The first-order valence-electron chi connectivity index (χ1n) is 20.6. The maximum atomic E-state index is 6.58. The third-order valence-electron chi connectivity index (χ3n) is 9.99. The smallest absolute Gasteiger partial charge is 0.130 e. The van der Waals surface area contributed by atoms with Gasteiger partial charge in [0, 0.05) is 11.4 Å². The zero-order valence-electron chi connectivity index (χ0n) is 31.2. The van der Waals surface area contributed by atoms with Crippen molar-refractivity contribution in [3.63, 3.8) is 0 Å². The van der Waals surface area contributed by atoms with Crippen molar-refractivity contribution in [1.82, 2.24) is 0 Å². The van der Waals surface area contributed by atoms with Crippen LogP contribution in [0.25, 0.3) is 0 Å². The van der Waals surface area contributed by atoms with Crippen LogP contribution in [0.1, 0.15) is 205 Å². The zero-order valence-corrected chi connectivity index (χ0v) is 31.2. The summed E-state index contributed by atoms with van der Waals surface area (Å²) < 4.78 is 6.58. The molecular formula is C44H76N2O. The van der Waals surface area contributed by atoms with Crippen molar-refractivity contribution in [2.45, 2.75) is 206 Å². The van der Waals surface area contributed by atoms with Gasteiger partial charge in [-0.05, 0) is 73.2 Å². The van der Waals surface area contributed by atoms with Gasteiger partial charge in [0.2, 0.25) is 0 Å². The van der Waals surface area contributed by atoms with Gasteiger partial charge in [-0.25, -0.2) is 0 Å². The van der Waals surface area contributed by atoms with Crippen LogP contribution in [0.5, 0.6) is 11.5 Å². The molecule has 0 spiro atoms. The molecule has 3 nitrogen and oxygen atoms in total. The molecule has 0 saturated heterocycles. The van der Waals surface area contributed by atoms with E-state index in [0.29, 0.717) is 0 Å². The first-order valence-corrected chi connectivity index (χ1v) is 20.6. The predicted octanol–water partition coefficient (Wildman–Crippen LogP) is 14.7. The van der Waals surface area contributed by atoms with E-state index in [1.165, 1.54) is 191 Å². The van der Waals surface area contributed by atoms with Gasteiger partial charge in [-0.15, -0.1) is 0 Å². The number of aryl methyl sites for hydroxylation is 2. The van der Waals surface area contributed by atoms with Crippen molar-refractivity contribution in [1.29, 1.82) is 0 Å². The second kappa shape index (κ2) is 28.8. The van der Waals surface area contributed by atoms with E-state index in [4.69, 9.17) is 16.2 Å². The summed E-state index contributed by atoms with van der Waals surface area (Å²) in [6, 6.07) is 12.3. The van der Waals surface area contributed by atoms with Crippen LogP contribution in [0.15, 0.2) is 36.4 Å². The highest BCUT2D eigenvalue weighted by molar-refractivity contribution is 5.52. The number of hydrogen-bond acceptors (Lipinski definition) is 3. The molecule has 0 unspecified atom stereocenters. The van der Waals surface area contributed by atoms with Crippen molar-refractivity contribution < 1.29 is 4.74 Å². The average Bonchev–Trinajstić information content (AvgIpc) is 3.07. The Hall–Kier alpha value is -2.16. The zero-order chi connectivity index (χ0) is 33.6. The van der Waals surface area contributed by atoms with Crippen LogP contribution in [-0.2, 0) is 12.8 Å². The van der Waals surface area contributed by atoms with Crippen LogP contribution in [0.3, 0.4) is 0 Å². The summed E-state index contributed by atoms with van der Waals surface area (Å²) in [7, 11) is 0. The number of unbranched alkanes of at least 4 members (excludes halogenated alkanes) is 26. The maximum absolute atomic E-state index is 6.58. The Morgan fingerprint density at radius 2 is 0.617 bits per heavy atom. The van der Waals surface area contributed by atoms with Crippen LogP contribution in [0.2, 0.25) is 0 Å². The molecular weight excluding hydrogens is 572 g/mol. The molecule has 0 saturated carbocycles. The Morgan fingerprint density at radius 1 is 0.362 bits per heavy atom. The number of nitrogens with two attached hydrogens (primary N) is 2. The van der Waals surface area contributed by atoms with E-state index in [1.54, 1.807) is 0 Å². The van der Waals surface area contributed by atoms with E-state index < -0.39 is 0 Å². The molecule has 2 aromatic rings. The number of nitrogen functional groups attached to an aromatic ring is 2. The number of hydrogen-bond donors (Lipinski definition) is 2. The third-order valence-corrected chi connectivity index (χ3v) is 9.99. The summed E-state index contributed by atoms with van der Waals surface area (Å²) in [6.07, 6.45) is 40.7. The van der Waals surface area contributed by atoms with Crippen molar-refractivity contribution >= 4 is 11.4 Å². The topological polar surface area (TPSA) is 61.3 Å². The van der Waals surface area contributed by atoms with E-state index in [2.05, 4.69) is 38.1 Å². The van der Waals surface area contributed by atoms with Crippen molar-refractivity contribution in [2.24, 2.45) is 0 Å². The fourth-order valence-electron chi connectivity index (χ4n) is 6.93. The highest BCUT2D eigenvalue weighted by Crippen LogP contribution is 2.33. The Kier molecular flexibility index (Phi) is 25.1. The molecule has 0 bridgehead atoms. The van der Waals surface area contributed by atoms with Gasteiger partial charge in [0.1, 0.15) is 11.5 Å². The Balaban J connectivity index is 1.63. The molecule has 0 aliphatic heterocycles. The summed E-state index contributed by atoms with van der Waals surface area (Å²) in [5, 5.41) is 0. The van der Waals surface area contributed by atoms with Crippen LogP contribution in [0, 0.1) is 0 Å². The first kappa shape index (κ1) is 41.0. The minimum atomic E-state index is 0.817. The van der Waals surface area contributed by atoms with Gasteiger partial charge in [0.15, 0.2) is 0 Å². The predicted molar refractivity (Wildman–Crippen MR) is 210 cm³/mol. The molecule has 0 fully saturated rings. The largest absolute Gasteiger partial charge is 0.457 e. The average molecular weight is 649 g/mol. The summed E-state index contributed by atoms with van der Waals surface area (Å²) in [4.78, 5) is 0. The molecule has 268 valence electrons. The molecule has 3 heteroatoms. The van der Waals surface area contributed by atoms with Crippen LogP contribution < -0.4 is 16.2 Å². The van der Waals surface area contributed by atoms with Crippen LogP contribution in [0.4, 0.5) is 11.4 Å². The Labute approximate surface area is 292 Å². The van der Waals surface area contributed by atoms with Crippen molar-refractivity contribution in [2.75, 3.05) is 11.5 Å². The van der Waals surface area contributed by atoms with E-state index in [-0.39, 0.29) is 0 Å². The molecule has 47 heavy (non-hydrogen) atoms. The lowest BCUT2D eigenvalue weighted by molar-refractivity contribution is 0.466. The van der Waals surface area contributed by atoms with Crippen molar-refractivity contribution in [3.8, 4) is 11.5 Å². The lowest BCUT2D eigenvalue weighted by Gasteiger charge is -2.16. The molecule has 0 aromatic heterocycles. The quantitative estimate of drug-likeness (QED) is 0.0613. The van der Waals surface area contributed by atoms with Gasteiger partial charge in [-0.2, -0.15) is 0 Å². The van der Waals surface area contributed by atoms with E-state index in [0.717, 1.165) is 35.7 Å². The van der Waals surface area contributed by atoms with E-state index in [9.17, 15) is 0 Å². The monoisotopic (exact) mass is 649 g/mol. The molecule has 2 rings (SSSR count). The van der Waals surface area contributed by atoms with E-state index >= 15 is 0 Å². The third kappa shape index (κ3) is 21.4. The molecule has 0 aliphatic rings. The number of ether oxygens (including phenoxy) is 1. The minimum absolute atomic E-state index is 0.817. The maximum Gasteiger partial charge on any atom is 0.130 e. The summed E-state index contributed by atoms with van der Waals surface area (Å²) in [6.45, 7) is 4.59. The Morgan fingerprint density at radius 3 is 0.894 bits per heavy atom. The van der Waals surface area contributed by atoms with Gasteiger partial charge >= 0.3 is 0 Å². The second-order valence-corrected chi connectivity index (χ2v) is 14.5. The summed E-state index contributed by atoms with van der Waals surface area (Å²) in [5.74, 6) is 1.89. The van der Waals surface area contributed by atoms with Crippen LogP contribution >= 0.6 is 0 Å². The lowest BCUT2D eigenvalue weighted by Crippen LogP contribution is -1.99. The van der Waals surface area contributed by atoms with Gasteiger partial charge in [0.05, 0.1) is 0 Å².